The molecule has 2 heterocycles. The fraction of sp³-hybridized carbons (Fsp3) is 0.947. The van der Waals surface area contributed by atoms with Gasteiger partial charge in [-0.15, -0.1) is 0 Å². The van der Waals surface area contributed by atoms with E-state index in [1.54, 1.807) is 0 Å². The summed E-state index contributed by atoms with van der Waals surface area (Å²) >= 11 is 0. The third kappa shape index (κ3) is 4.85. The first-order valence-electron chi connectivity index (χ1n) is 9.98. The van der Waals surface area contributed by atoms with E-state index in [1.165, 1.54) is 38.5 Å². The quantitative estimate of drug-likeness (QED) is 0.751. The Labute approximate surface area is 146 Å². The summed E-state index contributed by atoms with van der Waals surface area (Å²) in [7, 11) is 0. The molecule has 5 nitrogen and oxygen atoms in total. The Morgan fingerprint density at radius 3 is 2.79 bits per heavy atom. The van der Waals surface area contributed by atoms with Crippen molar-refractivity contribution in [3.8, 4) is 0 Å². The van der Waals surface area contributed by atoms with Gasteiger partial charge in [0.2, 0.25) is 0 Å². The summed E-state index contributed by atoms with van der Waals surface area (Å²) < 4.78 is 5.75. The predicted molar refractivity (Wildman–Crippen MR) is 96.1 cm³/mol. The molecule has 3 atom stereocenters. The van der Waals surface area contributed by atoms with Gasteiger partial charge in [0.1, 0.15) is 0 Å². The number of urea groups is 1. The monoisotopic (exact) mass is 337 g/mol. The lowest BCUT2D eigenvalue weighted by Crippen LogP contribution is -2.53. The van der Waals surface area contributed by atoms with Crippen LogP contribution in [0, 0.1) is 11.3 Å². The predicted octanol–water partition coefficient (Wildman–Crippen LogP) is 2.76. The Kier molecular flexibility index (Phi) is 6.03. The van der Waals surface area contributed by atoms with Gasteiger partial charge in [0.05, 0.1) is 6.10 Å². The molecule has 0 bridgehead atoms. The van der Waals surface area contributed by atoms with E-state index in [4.69, 9.17) is 4.74 Å². The zero-order valence-corrected chi connectivity index (χ0v) is 15.5. The van der Waals surface area contributed by atoms with Crippen molar-refractivity contribution in [2.75, 3.05) is 32.8 Å². The largest absolute Gasteiger partial charge is 0.377 e. The van der Waals surface area contributed by atoms with Crippen molar-refractivity contribution in [3.63, 3.8) is 0 Å². The molecule has 1 saturated carbocycles. The summed E-state index contributed by atoms with van der Waals surface area (Å²) in [6, 6.07) is 0.328. The maximum Gasteiger partial charge on any atom is 0.315 e. The molecule has 2 aliphatic heterocycles. The van der Waals surface area contributed by atoms with Crippen LogP contribution in [0.25, 0.3) is 0 Å². The number of carbonyl (C=O) groups excluding carboxylic acids is 1. The molecule has 0 radical (unpaired) electrons. The topological polar surface area (TPSA) is 53.6 Å². The highest BCUT2D eigenvalue weighted by Crippen LogP contribution is 2.48. The lowest BCUT2D eigenvalue weighted by atomic mass is 9.93. The SMILES string of the molecule is CCCC1(CNC(=O)N[C@@H]2CCN(C[C@@H]3CCCO3)C[C@@H]2C)CC1. The second-order valence-electron chi connectivity index (χ2n) is 8.34. The Morgan fingerprint density at radius 1 is 1.33 bits per heavy atom. The number of piperidine rings is 1. The van der Waals surface area contributed by atoms with Crippen molar-refractivity contribution in [1.29, 1.82) is 0 Å². The summed E-state index contributed by atoms with van der Waals surface area (Å²) in [5.41, 5.74) is 0.419. The summed E-state index contributed by atoms with van der Waals surface area (Å²) in [4.78, 5) is 14.8. The summed E-state index contributed by atoms with van der Waals surface area (Å²) in [5.74, 6) is 0.497. The van der Waals surface area contributed by atoms with Crippen LogP contribution in [-0.4, -0.2) is 55.9 Å². The molecular formula is C19H35N3O2. The highest BCUT2D eigenvalue weighted by Gasteiger charge is 2.41. The first kappa shape index (κ1) is 18.0. The van der Waals surface area contributed by atoms with Crippen LogP contribution in [0.15, 0.2) is 0 Å². The molecule has 0 spiro atoms. The summed E-state index contributed by atoms with van der Waals surface area (Å²) in [6.07, 6.45) is 8.89. The summed E-state index contributed by atoms with van der Waals surface area (Å²) in [5, 5.41) is 6.34. The molecule has 0 aromatic rings. The second-order valence-corrected chi connectivity index (χ2v) is 8.34. The van der Waals surface area contributed by atoms with Crippen LogP contribution in [0.1, 0.15) is 58.8 Å². The fourth-order valence-electron chi connectivity index (χ4n) is 4.40. The van der Waals surface area contributed by atoms with Crippen molar-refractivity contribution < 1.29 is 9.53 Å². The lowest BCUT2D eigenvalue weighted by Gasteiger charge is -2.38. The second kappa shape index (κ2) is 8.05. The molecule has 24 heavy (non-hydrogen) atoms. The number of nitrogens with one attached hydrogen (secondary N) is 2. The van der Waals surface area contributed by atoms with E-state index < -0.39 is 0 Å². The number of likely N-dealkylation sites (tertiary alicyclic amines) is 1. The minimum atomic E-state index is 0.0294. The van der Waals surface area contributed by atoms with E-state index in [1.807, 2.05) is 0 Å². The Hall–Kier alpha value is -0.810. The van der Waals surface area contributed by atoms with Gasteiger partial charge >= 0.3 is 6.03 Å². The molecule has 138 valence electrons. The molecule has 2 amide bonds. The number of hydrogen-bond donors (Lipinski definition) is 2. The van der Waals surface area contributed by atoms with Gasteiger partial charge in [-0.3, -0.25) is 0 Å². The van der Waals surface area contributed by atoms with Crippen molar-refractivity contribution in [2.45, 2.75) is 70.9 Å². The normalized spacial score (nSPS) is 32.5. The third-order valence-electron chi connectivity index (χ3n) is 6.15. The molecule has 2 saturated heterocycles. The van der Waals surface area contributed by atoms with Gasteiger partial charge in [-0.05, 0) is 49.9 Å². The molecular weight excluding hydrogens is 302 g/mol. The van der Waals surface area contributed by atoms with Crippen LogP contribution in [0.2, 0.25) is 0 Å². The maximum atomic E-state index is 12.2. The van der Waals surface area contributed by atoms with Gasteiger partial charge in [-0.2, -0.15) is 0 Å². The molecule has 0 unspecified atom stereocenters. The van der Waals surface area contributed by atoms with Gasteiger partial charge in [-0.25, -0.2) is 4.79 Å². The minimum Gasteiger partial charge on any atom is -0.377 e. The highest BCUT2D eigenvalue weighted by molar-refractivity contribution is 5.74. The number of hydrogen-bond acceptors (Lipinski definition) is 3. The van der Waals surface area contributed by atoms with E-state index in [2.05, 4.69) is 29.4 Å². The Morgan fingerprint density at radius 2 is 2.17 bits per heavy atom. The van der Waals surface area contributed by atoms with Gasteiger partial charge in [-0.1, -0.05) is 20.3 Å². The zero-order valence-electron chi connectivity index (χ0n) is 15.5. The number of amides is 2. The smallest absolute Gasteiger partial charge is 0.315 e. The Balaban J connectivity index is 1.36. The number of rotatable bonds is 7. The zero-order chi connectivity index (χ0) is 17.0. The molecule has 3 aliphatic rings. The molecule has 3 fully saturated rings. The van der Waals surface area contributed by atoms with Crippen LogP contribution in [0.5, 0.6) is 0 Å². The Bertz CT molecular complexity index is 419. The van der Waals surface area contributed by atoms with E-state index in [0.29, 0.717) is 23.5 Å². The average molecular weight is 338 g/mol. The first-order valence-corrected chi connectivity index (χ1v) is 9.98. The minimum absolute atomic E-state index is 0.0294. The van der Waals surface area contributed by atoms with Crippen molar-refractivity contribution in [2.24, 2.45) is 11.3 Å². The molecule has 3 rings (SSSR count). The van der Waals surface area contributed by atoms with Crippen LogP contribution >= 0.6 is 0 Å². The van der Waals surface area contributed by atoms with Crippen molar-refractivity contribution in [3.05, 3.63) is 0 Å². The number of nitrogens with zero attached hydrogens (tertiary/aromatic N) is 1. The van der Waals surface area contributed by atoms with Crippen LogP contribution in [-0.2, 0) is 4.74 Å². The molecule has 5 heteroatoms. The van der Waals surface area contributed by atoms with Gasteiger partial charge in [0, 0.05) is 38.8 Å². The lowest BCUT2D eigenvalue weighted by molar-refractivity contribution is 0.0522. The van der Waals surface area contributed by atoms with E-state index in [0.717, 1.165) is 39.2 Å². The van der Waals surface area contributed by atoms with E-state index in [-0.39, 0.29) is 6.03 Å². The van der Waals surface area contributed by atoms with Crippen LogP contribution < -0.4 is 10.6 Å². The van der Waals surface area contributed by atoms with E-state index in [9.17, 15) is 4.79 Å². The van der Waals surface area contributed by atoms with Crippen LogP contribution in [0.4, 0.5) is 4.79 Å². The first-order chi connectivity index (χ1) is 11.6. The van der Waals surface area contributed by atoms with Gasteiger partial charge in [0.25, 0.3) is 0 Å². The highest BCUT2D eigenvalue weighted by atomic mass is 16.5. The van der Waals surface area contributed by atoms with Crippen molar-refractivity contribution in [1.82, 2.24) is 15.5 Å². The molecule has 2 N–H and O–H groups in total. The molecule has 0 aromatic carbocycles. The molecule has 0 aromatic heterocycles. The average Bonchev–Trinajstić information content (AvgIpc) is 3.13. The van der Waals surface area contributed by atoms with Gasteiger partial charge in [0.15, 0.2) is 0 Å². The van der Waals surface area contributed by atoms with Crippen molar-refractivity contribution >= 4 is 6.03 Å². The van der Waals surface area contributed by atoms with Gasteiger partial charge < -0.3 is 20.3 Å². The van der Waals surface area contributed by atoms with E-state index >= 15 is 0 Å². The van der Waals surface area contributed by atoms with Crippen LogP contribution in [0.3, 0.4) is 0 Å². The standard InChI is InChI=1S/C19H35N3O2/c1-3-7-19(8-9-19)14-20-18(23)21-17-6-10-22(12-15(17)2)13-16-5-4-11-24-16/h15-17H,3-14H2,1-2H3,(H2,20,21,23)/t15-,16-,17+/m0/s1. The summed E-state index contributed by atoms with van der Waals surface area (Å²) in [6.45, 7) is 9.44. The fourth-order valence-corrected chi connectivity index (χ4v) is 4.40. The number of carbonyl (C=O) groups is 1. The third-order valence-corrected chi connectivity index (χ3v) is 6.15. The maximum absolute atomic E-state index is 12.2. The number of ether oxygens (including phenoxy) is 1. The molecule has 1 aliphatic carbocycles.